The van der Waals surface area contributed by atoms with Gasteiger partial charge in [0.25, 0.3) is 0 Å². The van der Waals surface area contributed by atoms with Gasteiger partial charge in [0.1, 0.15) is 0 Å². The molecular formula is C18H21NO2. The van der Waals surface area contributed by atoms with E-state index in [1.807, 2.05) is 32.2 Å². The Morgan fingerprint density at radius 2 is 2.14 bits per heavy atom. The Bertz CT molecular complexity index is 678. The second-order valence-electron chi connectivity index (χ2n) is 5.72. The fraction of sp³-hybridized carbons (Fsp3) is 0.444. The number of pyridine rings is 1. The topological polar surface area (TPSA) is 39.2 Å². The molecule has 1 aromatic carbocycles. The number of esters is 1. The normalized spacial score (nSPS) is 15.5. The van der Waals surface area contributed by atoms with Crippen molar-refractivity contribution in [1.29, 1.82) is 0 Å². The van der Waals surface area contributed by atoms with Crippen molar-refractivity contribution in [3.63, 3.8) is 0 Å². The van der Waals surface area contributed by atoms with E-state index in [1.54, 1.807) is 0 Å². The summed E-state index contributed by atoms with van der Waals surface area (Å²) < 4.78 is 5.10. The average Bonchev–Trinajstić information content (AvgIpc) is 2.53. The van der Waals surface area contributed by atoms with Crippen LogP contribution in [0.25, 0.3) is 10.9 Å². The van der Waals surface area contributed by atoms with Crippen molar-refractivity contribution < 1.29 is 9.53 Å². The highest BCUT2D eigenvalue weighted by molar-refractivity contribution is 5.86. The first-order valence-corrected chi connectivity index (χ1v) is 7.77. The molecule has 0 N–H and O–H groups in total. The Morgan fingerprint density at radius 3 is 2.95 bits per heavy atom. The standard InChI is InChI=1S/C18H21NO2/c1-3-21-18(20)12(2)13-8-9-16-15-7-5-4-6-14(15)11-19-17(16)10-13/h8-12H,3-7H2,1-2H3. The Labute approximate surface area is 125 Å². The molecule has 21 heavy (non-hydrogen) atoms. The Balaban J connectivity index is 1.99. The lowest BCUT2D eigenvalue weighted by atomic mass is 9.89. The van der Waals surface area contributed by atoms with Gasteiger partial charge in [-0.3, -0.25) is 9.78 Å². The second kappa shape index (κ2) is 5.84. The van der Waals surface area contributed by atoms with Gasteiger partial charge < -0.3 is 4.74 Å². The lowest BCUT2D eigenvalue weighted by Gasteiger charge is -2.18. The summed E-state index contributed by atoms with van der Waals surface area (Å²) in [5.74, 6) is -0.415. The van der Waals surface area contributed by atoms with Crippen LogP contribution in [0.5, 0.6) is 0 Å². The van der Waals surface area contributed by atoms with E-state index in [2.05, 4.69) is 11.1 Å². The fourth-order valence-electron chi connectivity index (χ4n) is 3.11. The molecular weight excluding hydrogens is 262 g/mol. The van der Waals surface area contributed by atoms with Crippen LogP contribution in [0.2, 0.25) is 0 Å². The van der Waals surface area contributed by atoms with Crippen LogP contribution in [0.1, 0.15) is 49.3 Å². The summed E-state index contributed by atoms with van der Waals surface area (Å²) in [5.41, 5.74) is 4.80. The first-order chi connectivity index (χ1) is 10.2. The molecule has 3 rings (SSSR count). The van der Waals surface area contributed by atoms with Crippen molar-refractivity contribution in [2.45, 2.75) is 45.4 Å². The van der Waals surface area contributed by atoms with E-state index in [9.17, 15) is 4.79 Å². The van der Waals surface area contributed by atoms with Gasteiger partial charge in [-0.05, 0) is 62.3 Å². The minimum Gasteiger partial charge on any atom is -0.466 e. The summed E-state index contributed by atoms with van der Waals surface area (Å²) in [6.45, 7) is 4.14. The summed E-state index contributed by atoms with van der Waals surface area (Å²) in [6, 6.07) is 6.20. The molecule has 110 valence electrons. The maximum atomic E-state index is 11.9. The minimum atomic E-state index is -0.243. The van der Waals surface area contributed by atoms with Gasteiger partial charge in [0.15, 0.2) is 0 Å². The number of ether oxygens (including phenoxy) is 1. The van der Waals surface area contributed by atoms with E-state index in [0.717, 1.165) is 23.9 Å². The van der Waals surface area contributed by atoms with E-state index in [4.69, 9.17) is 4.74 Å². The van der Waals surface area contributed by atoms with Gasteiger partial charge in [-0.1, -0.05) is 12.1 Å². The molecule has 1 unspecified atom stereocenters. The number of hydrogen-bond acceptors (Lipinski definition) is 3. The average molecular weight is 283 g/mol. The van der Waals surface area contributed by atoms with Crippen molar-refractivity contribution in [3.8, 4) is 0 Å². The van der Waals surface area contributed by atoms with Gasteiger partial charge in [0.05, 0.1) is 18.0 Å². The number of nitrogens with zero attached hydrogens (tertiary/aromatic N) is 1. The summed E-state index contributed by atoms with van der Waals surface area (Å²) in [7, 11) is 0. The SMILES string of the molecule is CCOC(=O)C(C)c1ccc2c3c(cnc2c1)CCCC3. The van der Waals surface area contributed by atoms with E-state index in [1.165, 1.54) is 29.4 Å². The summed E-state index contributed by atoms with van der Waals surface area (Å²) in [5, 5.41) is 1.24. The van der Waals surface area contributed by atoms with Crippen LogP contribution in [-0.4, -0.2) is 17.6 Å². The van der Waals surface area contributed by atoms with Gasteiger partial charge in [-0.2, -0.15) is 0 Å². The number of aromatic nitrogens is 1. The van der Waals surface area contributed by atoms with Crippen LogP contribution in [0.3, 0.4) is 0 Å². The quantitative estimate of drug-likeness (QED) is 0.805. The van der Waals surface area contributed by atoms with Crippen LogP contribution in [0, 0.1) is 0 Å². The third kappa shape index (κ3) is 2.65. The number of carbonyl (C=O) groups excluding carboxylic acids is 1. The third-order valence-corrected chi connectivity index (χ3v) is 4.36. The summed E-state index contributed by atoms with van der Waals surface area (Å²) in [4.78, 5) is 16.5. The van der Waals surface area contributed by atoms with Crippen LogP contribution < -0.4 is 0 Å². The van der Waals surface area contributed by atoms with Gasteiger partial charge in [0, 0.05) is 11.6 Å². The molecule has 1 aromatic heterocycles. The predicted octanol–water partition coefficient (Wildman–Crippen LogP) is 3.78. The molecule has 1 heterocycles. The van der Waals surface area contributed by atoms with Crippen molar-refractivity contribution in [3.05, 3.63) is 41.1 Å². The van der Waals surface area contributed by atoms with Crippen molar-refractivity contribution in [1.82, 2.24) is 4.98 Å². The predicted molar refractivity (Wildman–Crippen MR) is 83.4 cm³/mol. The number of hydrogen-bond donors (Lipinski definition) is 0. The molecule has 0 saturated heterocycles. The third-order valence-electron chi connectivity index (χ3n) is 4.36. The van der Waals surface area contributed by atoms with E-state index >= 15 is 0 Å². The number of benzene rings is 1. The molecule has 1 atom stereocenters. The first kappa shape index (κ1) is 14.1. The Kier molecular flexibility index (Phi) is 3.91. The minimum absolute atomic E-state index is 0.171. The van der Waals surface area contributed by atoms with E-state index in [-0.39, 0.29) is 11.9 Å². The van der Waals surface area contributed by atoms with Gasteiger partial charge in [-0.25, -0.2) is 0 Å². The smallest absolute Gasteiger partial charge is 0.313 e. The summed E-state index contributed by atoms with van der Waals surface area (Å²) in [6.07, 6.45) is 6.81. The molecule has 1 aliphatic rings. The van der Waals surface area contributed by atoms with Crippen molar-refractivity contribution in [2.24, 2.45) is 0 Å². The maximum absolute atomic E-state index is 11.9. The van der Waals surface area contributed by atoms with Crippen molar-refractivity contribution >= 4 is 16.9 Å². The zero-order valence-corrected chi connectivity index (χ0v) is 12.7. The molecule has 0 bridgehead atoms. The van der Waals surface area contributed by atoms with E-state index in [0.29, 0.717) is 6.61 Å². The monoisotopic (exact) mass is 283 g/mol. The molecule has 2 aromatic rings. The molecule has 0 saturated carbocycles. The Morgan fingerprint density at radius 1 is 1.33 bits per heavy atom. The Hall–Kier alpha value is -1.90. The molecule has 0 amide bonds. The second-order valence-corrected chi connectivity index (χ2v) is 5.72. The van der Waals surface area contributed by atoms with E-state index < -0.39 is 0 Å². The van der Waals surface area contributed by atoms with Crippen LogP contribution in [-0.2, 0) is 22.4 Å². The highest BCUT2D eigenvalue weighted by Gasteiger charge is 2.18. The number of carbonyl (C=O) groups is 1. The fourth-order valence-corrected chi connectivity index (χ4v) is 3.11. The number of rotatable bonds is 3. The molecule has 0 spiro atoms. The zero-order valence-electron chi connectivity index (χ0n) is 12.7. The lowest BCUT2D eigenvalue weighted by molar-refractivity contribution is -0.144. The van der Waals surface area contributed by atoms with Crippen LogP contribution in [0.15, 0.2) is 24.4 Å². The van der Waals surface area contributed by atoms with Crippen molar-refractivity contribution in [2.75, 3.05) is 6.61 Å². The zero-order chi connectivity index (χ0) is 14.8. The molecule has 0 aliphatic heterocycles. The van der Waals surface area contributed by atoms with Crippen LogP contribution >= 0.6 is 0 Å². The molecule has 3 nitrogen and oxygen atoms in total. The number of fused-ring (bicyclic) bond motifs is 3. The molecule has 1 aliphatic carbocycles. The lowest BCUT2D eigenvalue weighted by Crippen LogP contribution is -2.13. The highest BCUT2D eigenvalue weighted by atomic mass is 16.5. The molecule has 3 heteroatoms. The maximum Gasteiger partial charge on any atom is 0.313 e. The largest absolute Gasteiger partial charge is 0.466 e. The van der Waals surface area contributed by atoms with Gasteiger partial charge in [-0.15, -0.1) is 0 Å². The highest BCUT2D eigenvalue weighted by Crippen LogP contribution is 2.29. The molecule has 0 fully saturated rings. The van der Waals surface area contributed by atoms with Crippen LogP contribution in [0.4, 0.5) is 0 Å². The first-order valence-electron chi connectivity index (χ1n) is 7.77. The van der Waals surface area contributed by atoms with Gasteiger partial charge >= 0.3 is 5.97 Å². The van der Waals surface area contributed by atoms with Gasteiger partial charge in [0.2, 0.25) is 0 Å². The molecule has 0 radical (unpaired) electrons. The summed E-state index contributed by atoms with van der Waals surface area (Å²) >= 11 is 0. The number of aryl methyl sites for hydroxylation is 2.